The second kappa shape index (κ2) is 9.84. The number of aryl methyl sites for hydroxylation is 1. The van der Waals surface area contributed by atoms with E-state index in [1.807, 2.05) is 6.92 Å². The van der Waals surface area contributed by atoms with Gasteiger partial charge in [0.1, 0.15) is 30.3 Å². The first-order chi connectivity index (χ1) is 14.1. The largest absolute Gasteiger partial charge is 0.463 e. The Labute approximate surface area is 178 Å². The summed E-state index contributed by atoms with van der Waals surface area (Å²) in [6.07, 6.45) is -2.28. The molecule has 0 saturated carbocycles. The van der Waals surface area contributed by atoms with Gasteiger partial charge in [0.15, 0.2) is 5.60 Å². The molecule has 0 bridgehead atoms. The van der Waals surface area contributed by atoms with Gasteiger partial charge in [-0.05, 0) is 18.0 Å². The molecular weight excluding hydrogens is 414 g/mol. The lowest BCUT2D eigenvalue weighted by Gasteiger charge is -2.50. The van der Waals surface area contributed by atoms with Gasteiger partial charge < -0.3 is 18.9 Å². The van der Waals surface area contributed by atoms with Crippen molar-refractivity contribution in [1.82, 2.24) is 0 Å². The minimum atomic E-state index is -1.75. The van der Waals surface area contributed by atoms with Gasteiger partial charge in [0.05, 0.1) is 0 Å². The Morgan fingerprint density at radius 3 is 2.30 bits per heavy atom. The van der Waals surface area contributed by atoms with Crippen molar-refractivity contribution < 1.29 is 33.3 Å². The van der Waals surface area contributed by atoms with Gasteiger partial charge in [0.2, 0.25) is 0 Å². The summed E-state index contributed by atoms with van der Waals surface area (Å²) in [5.41, 5.74) is 7.79. The highest BCUT2D eigenvalue weighted by atomic mass is 32.1. The van der Waals surface area contributed by atoms with Gasteiger partial charge in [-0.3, -0.25) is 14.4 Å². The van der Waals surface area contributed by atoms with E-state index in [0.717, 1.165) is 5.56 Å². The summed E-state index contributed by atoms with van der Waals surface area (Å²) in [5, 5.41) is 3.81. The third kappa shape index (κ3) is 5.05. The molecule has 1 aromatic rings. The standard InChI is InChI=1S/C19H23N3O7S/c1-10-5-7-14(8-6-10)19(29-13(4)25)15(9-26-11(2)23)28-18(30)16(27-12(3)24)17(19)21-22-20/h5-8,15-18,30H,9H2,1-4H3/t15-,16-,17-,18-,19?/m0/s1. The second-order valence-electron chi connectivity index (χ2n) is 6.79. The summed E-state index contributed by atoms with van der Waals surface area (Å²) < 4.78 is 22.1. The minimum absolute atomic E-state index is 0.322. The molecule has 0 aromatic heterocycles. The molecule has 1 aromatic carbocycles. The van der Waals surface area contributed by atoms with Crippen molar-refractivity contribution in [2.24, 2.45) is 5.11 Å². The minimum Gasteiger partial charge on any atom is -0.463 e. The molecule has 1 unspecified atom stereocenters. The molecule has 1 aliphatic heterocycles. The van der Waals surface area contributed by atoms with E-state index in [1.165, 1.54) is 20.8 Å². The van der Waals surface area contributed by atoms with Crippen LogP contribution in [0.3, 0.4) is 0 Å². The zero-order valence-electron chi connectivity index (χ0n) is 17.0. The maximum Gasteiger partial charge on any atom is 0.303 e. The van der Waals surface area contributed by atoms with Gasteiger partial charge in [-0.2, -0.15) is 0 Å². The molecule has 1 aliphatic rings. The number of nitrogens with zero attached hydrogens (tertiary/aromatic N) is 3. The number of azide groups is 1. The fourth-order valence-corrected chi connectivity index (χ4v) is 3.78. The van der Waals surface area contributed by atoms with Crippen LogP contribution >= 0.6 is 12.6 Å². The number of thiol groups is 1. The van der Waals surface area contributed by atoms with E-state index in [1.54, 1.807) is 24.3 Å². The van der Waals surface area contributed by atoms with Crippen LogP contribution in [0.4, 0.5) is 0 Å². The third-order valence-electron chi connectivity index (χ3n) is 4.55. The SMILES string of the molecule is CC(=O)OC[C@@H]1O[C@@H](S)[C@@H](OC(C)=O)[C@H](N=[N+]=[N-])C1(OC(C)=O)c1ccc(C)cc1. The van der Waals surface area contributed by atoms with E-state index >= 15 is 0 Å². The molecule has 2 rings (SSSR count). The number of carbonyl (C=O) groups excluding carboxylic acids is 3. The lowest BCUT2D eigenvalue weighted by atomic mass is 9.77. The van der Waals surface area contributed by atoms with E-state index in [-0.39, 0.29) is 6.61 Å². The van der Waals surface area contributed by atoms with Crippen molar-refractivity contribution >= 4 is 30.5 Å². The van der Waals surface area contributed by atoms with Crippen molar-refractivity contribution in [3.63, 3.8) is 0 Å². The summed E-state index contributed by atoms with van der Waals surface area (Å²) in [7, 11) is 0. The van der Waals surface area contributed by atoms with Crippen LogP contribution in [0, 0.1) is 6.92 Å². The van der Waals surface area contributed by atoms with Gasteiger partial charge in [0, 0.05) is 25.7 Å². The van der Waals surface area contributed by atoms with Crippen LogP contribution in [0.25, 0.3) is 10.4 Å². The number of hydrogen-bond acceptors (Lipinski definition) is 9. The number of ether oxygens (including phenoxy) is 4. The Morgan fingerprint density at radius 1 is 1.17 bits per heavy atom. The maximum absolute atomic E-state index is 12.2. The average molecular weight is 437 g/mol. The molecule has 162 valence electrons. The fraction of sp³-hybridized carbons (Fsp3) is 0.526. The van der Waals surface area contributed by atoms with Crippen molar-refractivity contribution in [3.8, 4) is 0 Å². The summed E-state index contributed by atoms with van der Waals surface area (Å²) in [6, 6.07) is 5.63. The van der Waals surface area contributed by atoms with Crippen LogP contribution in [0.15, 0.2) is 29.4 Å². The Hall–Kier alpha value is -2.75. The number of esters is 3. The second-order valence-corrected chi connectivity index (χ2v) is 7.30. The monoisotopic (exact) mass is 437 g/mol. The quantitative estimate of drug-likeness (QED) is 0.180. The van der Waals surface area contributed by atoms with Crippen LogP contribution < -0.4 is 0 Å². The van der Waals surface area contributed by atoms with Crippen LogP contribution in [0.1, 0.15) is 31.9 Å². The third-order valence-corrected chi connectivity index (χ3v) is 4.96. The Balaban J connectivity index is 2.75. The van der Waals surface area contributed by atoms with Gasteiger partial charge in [-0.15, -0.1) is 12.6 Å². The van der Waals surface area contributed by atoms with Crippen molar-refractivity contribution in [2.75, 3.05) is 6.61 Å². The van der Waals surface area contributed by atoms with Crippen molar-refractivity contribution in [1.29, 1.82) is 0 Å². The zero-order chi connectivity index (χ0) is 22.5. The highest BCUT2D eigenvalue weighted by Crippen LogP contribution is 2.45. The Bertz CT molecular complexity index is 856. The average Bonchev–Trinajstić information content (AvgIpc) is 2.65. The lowest BCUT2D eigenvalue weighted by Crippen LogP contribution is -2.65. The molecule has 0 aliphatic carbocycles. The smallest absolute Gasteiger partial charge is 0.303 e. The molecule has 1 fully saturated rings. The summed E-state index contributed by atoms with van der Waals surface area (Å²) in [5.74, 6) is -1.96. The molecule has 0 radical (unpaired) electrons. The van der Waals surface area contributed by atoms with Gasteiger partial charge in [-0.25, -0.2) is 0 Å². The van der Waals surface area contributed by atoms with E-state index < -0.39 is 47.2 Å². The number of hydrogen-bond donors (Lipinski definition) is 1. The van der Waals surface area contributed by atoms with Crippen LogP contribution in [-0.2, 0) is 38.9 Å². The van der Waals surface area contributed by atoms with Gasteiger partial charge in [0.25, 0.3) is 0 Å². The fourth-order valence-electron chi connectivity index (χ4n) is 3.41. The van der Waals surface area contributed by atoms with Crippen LogP contribution in [0.5, 0.6) is 0 Å². The van der Waals surface area contributed by atoms with E-state index in [4.69, 9.17) is 18.9 Å². The van der Waals surface area contributed by atoms with Crippen molar-refractivity contribution in [3.05, 3.63) is 45.8 Å². The number of rotatable bonds is 6. The van der Waals surface area contributed by atoms with E-state index in [2.05, 4.69) is 22.7 Å². The molecule has 0 N–H and O–H groups in total. The van der Waals surface area contributed by atoms with Gasteiger partial charge >= 0.3 is 17.9 Å². The lowest BCUT2D eigenvalue weighted by molar-refractivity contribution is -0.241. The molecule has 0 spiro atoms. The first kappa shape index (κ1) is 23.5. The normalized spacial score (nSPS) is 28.0. The van der Waals surface area contributed by atoms with E-state index in [9.17, 15) is 19.9 Å². The summed E-state index contributed by atoms with van der Waals surface area (Å²) in [4.78, 5) is 38.2. The first-order valence-corrected chi connectivity index (χ1v) is 9.58. The molecule has 11 heteroatoms. The molecule has 0 amide bonds. The number of benzene rings is 1. The molecular formula is C19H23N3O7S. The highest BCUT2D eigenvalue weighted by Gasteiger charge is 2.60. The van der Waals surface area contributed by atoms with Crippen molar-refractivity contribution in [2.45, 2.75) is 57.0 Å². The molecule has 10 nitrogen and oxygen atoms in total. The first-order valence-electron chi connectivity index (χ1n) is 9.06. The molecule has 1 heterocycles. The predicted molar refractivity (Wildman–Crippen MR) is 107 cm³/mol. The summed E-state index contributed by atoms with van der Waals surface area (Å²) in [6.45, 7) is 5.12. The van der Waals surface area contributed by atoms with Crippen LogP contribution in [0.2, 0.25) is 0 Å². The molecule has 30 heavy (non-hydrogen) atoms. The number of carbonyl (C=O) groups is 3. The topological polar surface area (TPSA) is 137 Å². The predicted octanol–water partition coefficient (Wildman–Crippen LogP) is 2.58. The molecule has 1 saturated heterocycles. The highest BCUT2D eigenvalue weighted by molar-refractivity contribution is 7.80. The Morgan fingerprint density at radius 2 is 1.80 bits per heavy atom. The van der Waals surface area contributed by atoms with Crippen LogP contribution in [-0.4, -0.2) is 48.2 Å². The zero-order valence-corrected chi connectivity index (χ0v) is 17.9. The maximum atomic E-state index is 12.2. The Kier molecular flexibility index (Phi) is 7.71. The van der Waals surface area contributed by atoms with Gasteiger partial charge in [-0.1, -0.05) is 34.9 Å². The molecule has 5 atom stereocenters. The summed E-state index contributed by atoms with van der Waals surface area (Å²) >= 11 is 4.32. The van der Waals surface area contributed by atoms with E-state index in [0.29, 0.717) is 5.56 Å².